The fourth-order valence-corrected chi connectivity index (χ4v) is 1.16. The van der Waals surface area contributed by atoms with E-state index in [9.17, 15) is 4.79 Å². The van der Waals surface area contributed by atoms with E-state index < -0.39 is 6.09 Å². The van der Waals surface area contributed by atoms with Gasteiger partial charge in [-0.15, -0.1) is 0 Å². The molecule has 0 fully saturated rings. The topological polar surface area (TPSA) is 80.7 Å². The number of aliphatic hydroxyl groups is 1. The number of nitrogens with one attached hydrogen (secondary N) is 1. The maximum atomic E-state index is 11.3. The van der Waals surface area contributed by atoms with Crippen LogP contribution in [-0.4, -0.2) is 36.4 Å². The van der Waals surface area contributed by atoms with E-state index in [-0.39, 0.29) is 6.61 Å². The molecule has 1 heterocycles. The first-order valence-corrected chi connectivity index (χ1v) is 5.26. The predicted molar refractivity (Wildman–Crippen MR) is 60.7 cm³/mol. The summed E-state index contributed by atoms with van der Waals surface area (Å²) in [4.78, 5) is 15.2. The van der Waals surface area contributed by atoms with Gasteiger partial charge in [0.05, 0.1) is 12.3 Å². The van der Waals surface area contributed by atoms with Crippen LogP contribution in [0, 0.1) is 0 Å². The molecule has 0 unspecified atom stereocenters. The number of pyridine rings is 1. The van der Waals surface area contributed by atoms with Crippen LogP contribution in [0.15, 0.2) is 18.3 Å². The highest BCUT2D eigenvalue weighted by Gasteiger charge is 2.04. The molecular weight excluding hydrogens is 224 g/mol. The predicted octanol–water partition coefficient (Wildman–Crippen LogP) is 0.699. The normalized spacial score (nSPS) is 10.0. The summed E-state index contributed by atoms with van der Waals surface area (Å²) in [6.07, 6.45) is 1.67. The smallest absolute Gasteiger partial charge is 0.410 e. The summed E-state index contributed by atoms with van der Waals surface area (Å²) in [6, 6.07) is 3.06. The lowest BCUT2D eigenvalue weighted by Gasteiger charge is -2.06. The van der Waals surface area contributed by atoms with E-state index in [2.05, 4.69) is 10.3 Å². The number of ether oxygens (including phenoxy) is 2. The molecular formula is C11H16N2O4. The van der Waals surface area contributed by atoms with E-state index in [1.165, 1.54) is 12.3 Å². The molecule has 0 radical (unpaired) electrons. The lowest BCUT2D eigenvalue weighted by Crippen LogP contribution is -2.28. The first-order chi connectivity index (χ1) is 8.26. The van der Waals surface area contributed by atoms with E-state index in [1.54, 1.807) is 13.2 Å². The molecule has 0 aromatic carbocycles. The van der Waals surface area contributed by atoms with Gasteiger partial charge in [-0.05, 0) is 12.5 Å². The van der Waals surface area contributed by atoms with Gasteiger partial charge in [0, 0.05) is 32.5 Å². The van der Waals surface area contributed by atoms with Crippen molar-refractivity contribution < 1.29 is 19.4 Å². The van der Waals surface area contributed by atoms with Crippen LogP contribution in [0.4, 0.5) is 4.79 Å². The third-order valence-corrected chi connectivity index (χ3v) is 1.96. The van der Waals surface area contributed by atoms with Gasteiger partial charge in [-0.3, -0.25) is 4.98 Å². The Kier molecular flexibility index (Phi) is 5.98. The van der Waals surface area contributed by atoms with Crippen LogP contribution in [0.1, 0.15) is 12.1 Å². The van der Waals surface area contributed by atoms with Crippen LogP contribution in [0.3, 0.4) is 0 Å². The SMILES string of the molecule is COCCCNC(=O)Oc1ccnc(CO)c1. The Balaban J connectivity index is 2.34. The lowest BCUT2D eigenvalue weighted by atomic mass is 10.3. The molecule has 2 N–H and O–H groups in total. The van der Waals surface area contributed by atoms with Crippen LogP contribution in [0.2, 0.25) is 0 Å². The molecule has 94 valence electrons. The second-order valence-electron chi connectivity index (χ2n) is 3.30. The number of aliphatic hydroxyl groups excluding tert-OH is 1. The number of amides is 1. The maximum Gasteiger partial charge on any atom is 0.412 e. The summed E-state index contributed by atoms with van der Waals surface area (Å²) >= 11 is 0. The standard InChI is InChI=1S/C11H16N2O4/c1-16-6-2-4-13-11(15)17-10-3-5-12-9(7-10)8-14/h3,5,7,14H,2,4,6,8H2,1H3,(H,13,15). The average Bonchev–Trinajstić information content (AvgIpc) is 2.35. The number of carbonyl (C=O) groups excluding carboxylic acids is 1. The Morgan fingerprint density at radius 3 is 3.12 bits per heavy atom. The summed E-state index contributed by atoms with van der Waals surface area (Å²) in [6.45, 7) is 0.890. The van der Waals surface area contributed by atoms with Crippen molar-refractivity contribution in [2.45, 2.75) is 13.0 Å². The van der Waals surface area contributed by atoms with Crippen molar-refractivity contribution >= 4 is 6.09 Å². The summed E-state index contributed by atoms with van der Waals surface area (Å²) in [5, 5.41) is 11.4. The highest BCUT2D eigenvalue weighted by molar-refractivity contribution is 5.70. The molecule has 17 heavy (non-hydrogen) atoms. The zero-order valence-corrected chi connectivity index (χ0v) is 9.68. The number of hydrogen-bond donors (Lipinski definition) is 2. The van der Waals surface area contributed by atoms with Crippen LogP contribution >= 0.6 is 0 Å². The minimum atomic E-state index is -0.531. The quantitative estimate of drug-likeness (QED) is 0.715. The number of methoxy groups -OCH3 is 1. The van der Waals surface area contributed by atoms with E-state index in [0.717, 1.165) is 6.42 Å². The van der Waals surface area contributed by atoms with Gasteiger partial charge in [0.15, 0.2) is 0 Å². The van der Waals surface area contributed by atoms with Gasteiger partial charge in [-0.1, -0.05) is 0 Å². The van der Waals surface area contributed by atoms with Gasteiger partial charge in [0.2, 0.25) is 0 Å². The van der Waals surface area contributed by atoms with Gasteiger partial charge >= 0.3 is 6.09 Å². The van der Waals surface area contributed by atoms with Crippen molar-refractivity contribution in [1.82, 2.24) is 10.3 Å². The molecule has 0 saturated carbocycles. The van der Waals surface area contributed by atoms with Gasteiger partial charge in [0.25, 0.3) is 0 Å². The highest BCUT2D eigenvalue weighted by atomic mass is 16.6. The number of carbonyl (C=O) groups is 1. The Hall–Kier alpha value is -1.66. The minimum absolute atomic E-state index is 0.188. The maximum absolute atomic E-state index is 11.3. The molecule has 0 aliphatic carbocycles. The second kappa shape index (κ2) is 7.59. The van der Waals surface area contributed by atoms with Gasteiger partial charge in [0.1, 0.15) is 5.75 Å². The molecule has 0 spiro atoms. The molecule has 1 aromatic heterocycles. The molecule has 1 aromatic rings. The Bertz CT molecular complexity index is 357. The number of aromatic nitrogens is 1. The molecule has 0 bridgehead atoms. The minimum Gasteiger partial charge on any atom is -0.410 e. The summed E-state index contributed by atoms with van der Waals surface area (Å²) in [7, 11) is 1.60. The Labute approximate surface area is 99.6 Å². The van der Waals surface area contributed by atoms with Crippen molar-refractivity contribution in [2.24, 2.45) is 0 Å². The van der Waals surface area contributed by atoms with Crippen molar-refractivity contribution in [2.75, 3.05) is 20.3 Å². The fraction of sp³-hybridized carbons (Fsp3) is 0.455. The van der Waals surface area contributed by atoms with E-state index in [1.807, 2.05) is 0 Å². The molecule has 6 heteroatoms. The number of rotatable bonds is 6. The van der Waals surface area contributed by atoms with Crippen molar-refractivity contribution in [3.8, 4) is 5.75 Å². The average molecular weight is 240 g/mol. The Morgan fingerprint density at radius 1 is 1.59 bits per heavy atom. The first kappa shape index (κ1) is 13.4. The molecule has 0 saturated heterocycles. The van der Waals surface area contributed by atoms with Gasteiger partial charge < -0.3 is 19.9 Å². The Morgan fingerprint density at radius 2 is 2.41 bits per heavy atom. The van der Waals surface area contributed by atoms with Gasteiger partial charge in [-0.25, -0.2) is 4.79 Å². The summed E-state index contributed by atoms with van der Waals surface area (Å²) in [5.41, 5.74) is 0.453. The van der Waals surface area contributed by atoms with Crippen molar-refractivity contribution in [1.29, 1.82) is 0 Å². The fourth-order valence-electron chi connectivity index (χ4n) is 1.16. The van der Waals surface area contributed by atoms with Crippen molar-refractivity contribution in [3.05, 3.63) is 24.0 Å². The van der Waals surface area contributed by atoms with Crippen LogP contribution < -0.4 is 10.1 Å². The number of hydrogen-bond acceptors (Lipinski definition) is 5. The monoisotopic (exact) mass is 240 g/mol. The largest absolute Gasteiger partial charge is 0.412 e. The van der Waals surface area contributed by atoms with Crippen LogP contribution in [-0.2, 0) is 11.3 Å². The third kappa shape index (κ3) is 5.28. The molecule has 0 atom stereocenters. The summed E-state index contributed by atoms with van der Waals surface area (Å²) in [5.74, 6) is 0.355. The van der Waals surface area contributed by atoms with Crippen molar-refractivity contribution in [3.63, 3.8) is 0 Å². The molecule has 6 nitrogen and oxygen atoms in total. The highest BCUT2D eigenvalue weighted by Crippen LogP contribution is 2.10. The zero-order chi connectivity index (χ0) is 12.5. The van der Waals surface area contributed by atoms with E-state index in [4.69, 9.17) is 14.6 Å². The second-order valence-corrected chi connectivity index (χ2v) is 3.30. The molecule has 1 amide bonds. The summed E-state index contributed by atoms with van der Waals surface area (Å²) < 4.78 is 9.84. The zero-order valence-electron chi connectivity index (χ0n) is 9.68. The molecule has 1 rings (SSSR count). The van der Waals surface area contributed by atoms with E-state index in [0.29, 0.717) is 24.6 Å². The molecule has 0 aliphatic heterocycles. The van der Waals surface area contributed by atoms with Gasteiger partial charge in [-0.2, -0.15) is 0 Å². The number of nitrogens with zero attached hydrogens (tertiary/aromatic N) is 1. The third-order valence-electron chi connectivity index (χ3n) is 1.96. The first-order valence-electron chi connectivity index (χ1n) is 5.26. The van der Waals surface area contributed by atoms with E-state index >= 15 is 0 Å². The van der Waals surface area contributed by atoms with Crippen LogP contribution in [0.25, 0.3) is 0 Å². The molecule has 0 aliphatic rings. The van der Waals surface area contributed by atoms with Crippen LogP contribution in [0.5, 0.6) is 5.75 Å². The lowest BCUT2D eigenvalue weighted by molar-refractivity contribution is 0.185.